The monoisotopic (exact) mass is 273 g/mol. The molecule has 1 N–H and O–H groups in total. The number of amides is 1. The molecular formula is C16H23N3O. The number of carbonyl (C=O) groups is 1. The van der Waals surface area contributed by atoms with Crippen LogP contribution in [0, 0.1) is 0 Å². The summed E-state index contributed by atoms with van der Waals surface area (Å²) in [4.78, 5) is 17.2. The van der Waals surface area contributed by atoms with Crippen molar-refractivity contribution in [1.29, 1.82) is 0 Å². The smallest absolute Gasteiger partial charge is 0.254 e. The lowest BCUT2D eigenvalue weighted by molar-refractivity contribution is 0.0532. The van der Waals surface area contributed by atoms with E-state index in [1.807, 2.05) is 17.0 Å². The van der Waals surface area contributed by atoms with Crippen LogP contribution in [0.1, 0.15) is 28.4 Å². The van der Waals surface area contributed by atoms with Gasteiger partial charge in [-0.15, -0.1) is 0 Å². The number of rotatable bonds is 1. The normalized spacial score (nSPS) is 23.5. The van der Waals surface area contributed by atoms with Gasteiger partial charge in [-0.3, -0.25) is 4.79 Å². The van der Waals surface area contributed by atoms with Gasteiger partial charge in [-0.1, -0.05) is 12.1 Å². The number of nitrogens with one attached hydrogen (secondary N) is 1. The summed E-state index contributed by atoms with van der Waals surface area (Å²) in [6.45, 7) is 6.75. The van der Waals surface area contributed by atoms with Crippen molar-refractivity contribution in [3.05, 3.63) is 34.9 Å². The Labute approximate surface area is 120 Å². The number of carbonyl (C=O) groups excluding carboxylic acids is 1. The highest BCUT2D eigenvalue weighted by Gasteiger charge is 2.28. The van der Waals surface area contributed by atoms with Crippen molar-refractivity contribution < 1.29 is 4.79 Å². The van der Waals surface area contributed by atoms with Crippen molar-refractivity contribution in [3.8, 4) is 0 Å². The third-order valence-electron chi connectivity index (χ3n) is 4.46. The molecule has 2 aliphatic heterocycles. The second-order valence-corrected chi connectivity index (χ2v) is 5.98. The third-order valence-corrected chi connectivity index (χ3v) is 4.46. The molecule has 2 heterocycles. The van der Waals surface area contributed by atoms with Crippen LogP contribution in [0.25, 0.3) is 0 Å². The molecule has 1 amide bonds. The van der Waals surface area contributed by atoms with Crippen molar-refractivity contribution in [1.82, 2.24) is 15.1 Å². The Balaban J connectivity index is 1.87. The van der Waals surface area contributed by atoms with E-state index in [0.717, 1.165) is 44.7 Å². The van der Waals surface area contributed by atoms with Gasteiger partial charge >= 0.3 is 0 Å². The largest absolute Gasteiger partial charge is 0.333 e. The van der Waals surface area contributed by atoms with Gasteiger partial charge in [0, 0.05) is 37.8 Å². The molecule has 4 heteroatoms. The first-order valence-electron chi connectivity index (χ1n) is 7.48. The highest BCUT2D eigenvalue weighted by Crippen LogP contribution is 2.22. The fourth-order valence-corrected chi connectivity index (χ4v) is 3.33. The quantitative estimate of drug-likeness (QED) is 0.832. The van der Waals surface area contributed by atoms with Gasteiger partial charge in [0.1, 0.15) is 0 Å². The number of fused-ring (bicyclic) bond motifs is 1. The minimum atomic E-state index is 0.212. The van der Waals surface area contributed by atoms with Crippen LogP contribution in [-0.2, 0) is 13.0 Å². The number of hydrogen-bond donors (Lipinski definition) is 1. The van der Waals surface area contributed by atoms with E-state index in [0.29, 0.717) is 6.04 Å². The Morgan fingerprint density at radius 1 is 1.35 bits per heavy atom. The summed E-state index contributed by atoms with van der Waals surface area (Å²) in [6.07, 6.45) is 0.958. The lowest BCUT2D eigenvalue weighted by Crippen LogP contribution is -2.53. The summed E-state index contributed by atoms with van der Waals surface area (Å²) in [5, 5.41) is 3.37. The predicted octanol–water partition coefficient (Wildman–Crippen LogP) is 1.11. The van der Waals surface area contributed by atoms with Gasteiger partial charge < -0.3 is 15.1 Å². The highest BCUT2D eigenvalue weighted by molar-refractivity contribution is 5.96. The van der Waals surface area contributed by atoms with Crippen molar-refractivity contribution in [2.24, 2.45) is 0 Å². The fraction of sp³-hybridized carbons (Fsp3) is 0.562. The van der Waals surface area contributed by atoms with Gasteiger partial charge in [-0.2, -0.15) is 0 Å². The van der Waals surface area contributed by atoms with Crippen LogP contribution in [0.15, 0.2) is 18.2 Å². The maximum absolute atomic E-state index is 12.9. The molecule has 0 aliphatic carbocycles. The first kappa shape index (κ1) is 13.6. The van der Waals surface area contributed by atoms with Crippen LogP contribution < -0.4 is 5.32 Å². The van der Waals surface area contributed by atoms with Crippen LogP contribution in [0.3, 0.4) is 0 Å². The van der Waals surface area contributed by atoms with Gasteiger partial charge in [0.05, 0.1) is 0 Å². The molecule has 1 aromatic rings. The maximum atomic E-state index is 12.9. The molecule has 20 heavy (non-hydrogen) atoms. The second-order valence-electron chi connectivity index (χ2n) is 5.98. The molecule has 0 bridgehead atoms. The number of benzene rings is 1. The molecule has 1 saturated heterocycles. The van der Waals surface area contributed by atoms with Crippen molar-refractivity contribution in [2.75, 3.05) is 33.2 Å². The Bertz CT molecular complexity index is 514. The highest BCUT2D eigenvalue weighted by atomic mass is 16.2. The van der Waals surface area contributed by atoms with Crippen LogP contribution in [0.5, 0.6) is 0 Å². The maximum Gasteiger partial charge on any atom is 0.254 e. The van der Waals surface area contributed by atoms with E-state index in [1.165, 1.54) is 11.1 Å². The average Bonchev–Trinajstić information content (AvgIpc) is 2.46. The minimum Gasteiger partial charge on any atom is -0.333 e. The van der Waals surface area contributed by atoms with Crippen LogP contribution >= 0.6 is 0 Å². The van der Waals surface area contributed by atoms with Gasteiger partial charge in [-0.25, -0.2) is 0 Å². The first-order valence-corrected chi connectivity index (χ1v) is 7.48. The van der Waals surface area contributed by atoms with E-state index in [9.17, 15) is 4.79 Å². The van der Waals surface area contributed by atoms with Crippen LogP contribution in [0.4, 0.5) is 0 Å². The molecule has 4 nitrogen and oxygen atoms in total. The standard InChI is InChI=1S/C16H23N3O/c1-12-11-18(2)8-9-19(12)16(20)15-5-3-4-13-10-17-7-6-14(13)15/h3-5,12,17H,6-11H2,1-2H3. The molecular weight excluding hydrogens is 250 g/mol. The number of nitrogens with zero attached hydrogens (tertiary/aromatic N) is 2. The van der Waals surface area contributed by atoms with E-state index in [2.05, 4.69) is 30.3 Å². The van der Waals surface area contributed by atoms with Crippen molar-refractivity contribution >= 4 is 5.91 Å². The summed E-state index contributed by atoms with van der Waals surface area (Å²) in [5.74, 6) is 0.212. The molecule has 2 aliphatic rings. The van der Waals surface area contributed by atoms with E-state index in [4.69, 9.17) is 0 Å². The Morgan fingerprint density at radius 2 is 2.20 bits per heavy atom. The number of likely N-dealkylation sites (N-methyl/N-ethyl adjacent to an activating group) is 1. The topological polar surface area (TPSA) is 35.6 Å². The predicted molar refractivity (Wildman–Crippen MR) is 79.8 cm³/mol. The molecule has 3 rings (SSSR count). The van der Waals surface area contributed by atoms with E-state index < -0.39 is 0 Å². The summed E-state index contributed by atoms with van der Waals surface area (Å²) < 4.78 is 0. The van der Waals surface area contributed by atoms with Gasteiger partial charge in [0.25, 0.3) is 5.91 Å². The van der Waals surface area contributed by atoms with Crippen LogP contribution in [-0.4, -0.2) is 55.0 Å². The summed E-state index contributed by atoms with van der Waals surface area (Å²) in [6, 6.07) is 6.43. The zero-order valence-corrected chi connectivity index (χ0v) is 12.4. The molecule has 0 saturated carbocycles. The van der Waals surface area contributed by atoms with Crippen molar-refractivity contribution in [3.63, 3.8) is 0 Å². The van der Waals surface area contributed by atoms with Crippen molar-refractivity contribution in [2.45, 2.75) is 25.9 Å². The number of piperazine rings is 1. The van der Waals surface area contributed by atoms with E-state index >= 15 is 0 Å². The average molecular weight is 273 g/mol. The third kappa shape index (κ3) is 2.45. The lowest BCUT2D eigenvalue weighted by Gasteiger charge is -2.38. The van der Waals surface area contributed by atoms with Crippen LogP contribution in [0.2, 0.25) is 0 Å². The molecule has 1 atom stereocenters. The van der Waals surface area contributed by atoms with Gasteiger partial charge in [-0.05, 0) is 44.1 Å². The second kappa shape index (κ2) is 5.54. The molecule has 0 aromatic heterocycles. The van der Waals surface area contributed by atoms with Gasteiger partial charge in [0.15, 0.2) is 0 Å². The van der Waals surface area contributed by atoms with Gasteiger partial charge in [0.2, 0.25) is 0 Å². The van der Waals surface area contributed by atoms with E-state index in [-0.39, 0.29) is 5.91 Å². The summed E-state index contributed by atoms with van der Waals surface area (Å²) in [5.41, 5.74) is 3.45. The molecule has 1 fully saturated rings. The lowest BCUT2D eigenvalue weighted by atomic mass is 9.94. The number of hydrogen-bond acceptors (Lipinski definition) is 3. The minimum absolute atomic E-state index is 0.212. The Hall–Kier alpha value is -1.39. The SMILES string of the molecule is CC1CN(C)CCN1C(=O)c1cccc2c1CCNC2. The molecule has 1 aromatic carbocycles. The van der Waals surface area contributed by atoms with E-state index in [1.54, 1.807) is 0 Å². The molecule has 0 radical (unpaired) electrons. The molecule has 0 spiro atoms. The summed E-state index contributed by atoms with van der Waals surface area (Å²) in [7, 11) is 2.12. The summed E-state index contributed by atoms with van der Waals surface area (Å²) >= 11 is 0. The Morgan fingerprint density at radius 3 is 3.00 bits per heavy atom. The zero-order chi connectivity index (χ0) is 14.1. The molecule has 1 unspecified atom stereocenters. The molecule has 108 valence electrons. The first-order chi connectivity index (χ1) is 9.66. The zero-order valence-electron chi connectivity index (χ0n) is 12.4. The Kier molecular flexibility index (Phi) is 3.76. The fourth-order valence-electron chi connectivity index (χ4n) is 3.33.